The molecule has 0 bridgehead atoms. The summed E-state index contributed by atoms with van der Waals surface area (Å²) in [5, 5.41) is 7.34. The molecule has 0 radical (unpaired) electrons. The number of aromatic nitrogens is 2. The summed E-state index contributed by atoms with van der Waals surface area (Å²) in [5.41, 5.74) is -1.63. The fourth-order valence-corrected chi connectivity index (χ4v) is 5.29. The normalized spacial score (nSPS) is 21.3. The lowest BCUT2D eigenvalue weighted by Crippen LogP contribution is -2.42. The Kier molecular flexibility index (Phi) is 6.75. The number of alkyl halides is 3. The summed E-state index contributed by atoms with van der Waals surface area (Å²) >= 11 is 0. The first kappa shape index (κ1) is 25.9. The van der Waals surface area contributed by atoms with Crippen LogP contribution in [0.4, 0.5) is 17.6 Å². The minimum atomic E-state index is -4.58. The van der Waals surface area contributed by atoms with Gasteiger partial charge in [0.25, 0.3) is 5.91 Å². The highest BCUT2D eigenvalue weighted by Crippen LogP contribution is 2.44. The molecule has 2 fully saturated rings. The van der Waals surface area contributed by atoms with E-state index in [0.717, 1.165) is 31.7 Å². The van der Waals surface area contributed by atoms with E-state index < -0.39 is 35.1 Å². The second-order valence-corrected chi connectivity index (χ2v) is 10.1. The van der Waals surface area contributed by atoms with E-state index in [1.54, 1.807) is 4.68 Å². The number of hydrogen-bond acceptors (Lipinski definition) is 4. The molecule has 6 nitrogen and oxygen atoms in total. The molecule has 0 saturated heterocycles. The summed E-state index contributed by atoms with van der Waals surface area (Å²) in [7, 11) is 0. The van der Waals surface area contributed by atoms with Crippen molar-refractivity contribution in [1.29, 1.82) is 0 Å². The summed E-state index contributed by atoms with van der Waals surface area (Å²) in [5.74, 6) is -0.782. The molecule has 200 valence electrons. The number of rotatable bonds is 8. The molecule has 5 rings (SSSR count). The topological polar surface area (TPSA) is 73.2 Å². The zero-order chi connectivity index (χ0) is 27.1. The van der Waals surface area contributed by atoms with E-state index in [9.17, 15) is 27.2 Å². The molecule has 2 atom stereocenters. The number of nitrogens with zero attached hydrogens (tertiary/aromatic N) is 2. The molecule has 0 aliphatic heterocycles. The van der Waals surface area contributed by atoms with Crippen LogP contribution in [-0.2, 0) is 11.0 Å². The monoisotopic (exact) mass is 529 g/mol. The fourth-order valence-electron chi connectivity index (χ4n) is 5.29. The van der Waals surface area contributed by atoms with Gasteiger partial charge >= 0.3 is 6.18 Å². The van der Waals surface area contributed by atoms with Crippen LogP contribution in [0, 0.1) is 5.82 Å². The smallest absolute Gasteiger partial charge is 0.417 e. The van der Waals surface area contributed by atoms with Crippen molar-refractivity contribution in [2.45, 2.75) is 69.3 Å². The predicted molar refractivity (Wildman–Crippen MR) is 131 cm³/mol. The number of nitrogens with one attached hydrogen (secondary N) is 1. The van der Waals surface area contributed by atoms with Crippen LogP contribution in [0.3, 0.4) is 0 Å². The van der Waals surface area contributed by atoms with Crippen LogP contribution < -0.4 is 10.1 Å². The highest BCUT2D eigenvalue weighted by molar-refractivity contribution is 5.95. The summed E-state index contributed by atoms with van der Waals surface area (Å²) in [6.45, 7) is 1.40. The minimum absolute atomic E-state index is 0.0116. The number of benzene rings is 2. The van der Waals surface area contributed by atoms with Gasteiger partial charge in [-0.25, -0.2) is 4.39 Å². The predicted octanol–water partition coefficient (Wildman–Crippen LogP) is 6.12. The molecule has 2 aliphatic rings. The number of carbonyl (C=O) groups is 2. The van der Waals surface area contributed by atoms with Gasteiger partial charge in [-0.05, 0) is 56.2 Å². The van der Waals surface area contributed by atoms with Crippen molar-refractivity contribution in [2.24, 2.45) is 0 Å². The first-order valence-electron chi connectivity index (χ1n) is 12.6. The lowest BCUT2D eigenvalue weighted by molar-refractivity contribution is -0.137. The van der Waals surface area contributed by atoms with Gasteiger partial charge in [0.1, 0.15) is 23.5 Å². The van der Waals surface area contributed by atoms with Gasteiger partial charge in [0.15, 0.2) is 5.69 Å². The van der Waals surface area contributed by atoms with Crippen molar-refractivity contribution in [2.75, 3.05) is 0 Å². The number of halogens is 4. The third kappa shape index (κ3) is 5.30. The van der Waals surface area contributed by atoms with Gasteiger partial charge in [0.05, 0.1) is 22.8 Å². The SMILES string of the molecule is CC(=O)C[C@@]1(NC(=O)c2cc(-c3ccccc3C(F)(F)F)n(C3CCCC3)n2)CC1Oc1ccc(F)cc1. The van der Waals surface area contributed by atoms with Crippen molar-refractivity contribution >= 4 is 11.7 Å². The summed E-state index contributed by atoms with van der Waals surface area (Å²) in [4.78, 5) is 25.4. The summed E-state index contributed by atoms with van der Waals surface area (Å²) in [6, 6.07) is 12.0. The molecule has 2 aliphatic carbocycles. The maximum atomic E-state index is 13.8. The molecule has 1 aromatic heterocycles. The van der Waals surface area contributed by atoms with E-state index in [1.165, 1.54) is 55.5 Å². The zero-order valence-electron chi connectivity index (χ0n) is 20.7. The van der Waals surface area contributed by atoms with E-state index in [1.807, 2.05) is 0 Å². The molecule has 1 unspecified atom stereocenters. The van der Waals surface area contributed by atoms with E-state index in [4.69, 9.17) is 4.74 Å². The first-order valence-corrected chi connectivity index (χ1v) is 12.6. The molecule has 38 heavy (non-hydrogen) atoms. The molecule has 1 heterocycles. The average Bonchev–Trinajstić information content (AvgIpc) is 3.26. The third-order valence-corrected chi connectivity index (χ3v) is 7.17. The van der Waals surface area contributed by atoms with Gasteiger partial charge in [-0.3, -0.25) is 14.3 Å². The van der Waals surface area contributed by atoms with Crippen LogP contribution in [0.2, 0.25) is 0 Å². The molecule has 1 amide bonds. The molecule has 1 N–H and O–H groups in total. The standard InChI is InChI=1S/C28H27F4N3O3/c1-17(36)15-27(16-25(27)38-20-12-10-18(29)11-13-20)33-26(37)23-14-24(35(34-23)19-6-2-3-7-19)21-8-4-5-9-22(21)28(30,31)32/h4-5,8-14,19,25H,2-3,6-7,15-16H2,1H3,(H,33,37)/t25?,27-/m1/s1. The fraction of sp³-hybridized carbons (Fsp3) is 0.393. The molecule has 0 spiro atoms. The van der Waals surface area contributed by atoms with E-state index in [-0.39, 0.29) is 35.2 Å². The van der Waals surface area contributed by atoms with Crippen LogP contribution in [0.5, 0.6) is 5.75 Å². The molecular weight excluding hydrogens is 502 g/mol. The van der Waals surface area contributed by atoms with E-state index in [0.29, 0.717) is 12.2 Å². The van der Waals surface area contributed by atoms with Crippen molar-refractivity contribution in [3.8, 4) is 17.0 Å². The Morgan fingerprint density at radius 2 is 1.79 bits per heavy atom. The van der Waals surface area contributed by atoms with Gasteiger partial charge < -0.3 is 10.1 Å². The number of hydrogen-bond donors (Lipinski definition) is 1. The first-order chi connectivity index (χ1) is 18.1. The Labute approximate surface area is 217 Å². The molecular formula is C28H27F4N3O3. The Bertz CT molecular complexity index is 1350. The number of Topliss-reactive ketones (excluding diaryl/α,β-unsaturated/α-hetero) is 1. The van der Waals surface area contributed by atoms with Crippen LogP contribution in [0.1, 0.15) is 67.5 Å². The lowest BCUT2D eigenvalue weighted by atomic mass is 10.0. The van der Waals surface area contributed by atoms with Gasteiger partial charge in [-0.2, -0.15) is 18.3 Å². The van der Waals surface area contributed by atoms with Crippen LogP contribution in [-0.4, -0.2) is 33.1 Å². The molecule has 10 heteroatoms. The second kappa shape index (κ2) is 9.89. The number of ketones is 1. The average molecular weight is 530 g/mol. The number of amides is 1. The quantitative estimate of drug-likeness (QED) is 0.357. The number of carbonyl (C=O) groups excluding carboxylic acids is 2. The van der Waals surface area contributed by atoms with Gasteiger partial charge in [0.2, 0.25) is 0 Å². The molecule has 3 aromatic rings. The van der Waals surface area contributed by atoms with Crippen molar-refractivity contribution in [3.63, 3.8) is 0 Å². The highest BCUT2D eigenvalue weighted by Gasteiger charge is 2.58. The Morgan fingerprint density at radius 3 is 2.45 bits per heavy atom. The van der Waals surface area contributed by atoms with Crippen LogP contribution in [0.25, 0.3) is 11.3 Å². The Hall–Kier alpha value is -3.69. The Balaban J connectivity index is 1.45. The molecule has 2 saturated carbocycles. The third-order valence-electron chi connectivity index (χ3n) is 7.17. The van der Waals surface area contributed by atoms with Crippen molar-refractivity contribution < 1.29 is 31.9 Å². The lowest BCUT2D eigenvalue weighted by Gasteiger charge is -2.18. The van der Waals surface area contributed by atoms with Crippen LogP contribution in [0.15, 0.2) is 54.6 Å². The van der Waals surface area contributed by atoms with Gasteiger partial charge in [0, 0.05) is 18.4 Å². The van der Waals surface area contributed by atoms with Crippen LogP contribution >= 0.6 is 0 Å². The highest BCUT2D eigenvalue weighted by atomic mass is 19.4. The maximum Gasteiger partial charge on any atom is 0.417 e. The second-order valence-electron chi connectivity index (χ2n) is 10.1. The largest absolute Gasteiger partial charge is 0.488 e. The molecule has 2 aromatic carbocycles. The van der Waals surface area contributed by atoms with Gasteiger partial charge in [-0.15, -0.1) is 0 Å². The van der Waals surface area contributed by atoms with E-state index in [2.05, 4.69) is 10.4 Å². The van der Waals surface area contributed by atoms with Crippen molar-refractivity contribution in [3.05, 3.63) is 71.7 Å². The van der Waals surface area contributed by atoms with Gasteiger partial charge in [-0.1, -0.05) is 31.0 Å². The summed E-state index contributed by atoms with van der Waals surface area (Å²) in [6.07, 6.45) is -1.37. The Morgan fingerprint density at radius 1 is 1.11 bits per heavy atom. The van der Waals surface area contributed by atoms with E-state index >= 15 is 0 Å². The summed E-state index contributed by atoms with van der Waals surface area (Å²) < 4.78 is 62.2. The zero-order valence-corrected chi connectivity index (χ0v) is 20.7. The minimum Gasteiger partial charge on any atom is -0.488 e. The maximum absolute atomic E-state index is 13.8. The number of ether oxygens (including phenoxy) is 1. The van der Waals surface area contributed by atoms with Crippen molar-refractivity contribution in [1.82, 2.24) is 15.1 Å².